The van der Waals surface area contributed by atoms with E-state index < -0.39 is 0 Å². The number of ether oxygens (including phenoxy) is 1. The largest absolute Gasteiger partial charge is 0.372 e. The highest BCUT2D eigenvalue weighted by Crippen LogP contribution is 2.25. The molecule has 1 atom stereocenters. The van der Waals surface area contributed by atoms with Crippen LogP contribution in [0.2, 0.25) is 0 Å². The maximum Gasteiger partial charge on any atom is 0.101 e. The molecule has 11 heavy (non-hydrogen) atoms. The van der Waals surface area contributed by atoms with E-state index in [1.54, 1.807) is 6.20 Å². The van der Waals surface area contributed by atoms with Crippen molar-refractivity contribution in [3.05, 3.63) is 24.0 Å². The highest BCUT2D eigenvalue weighted by molar-refractivity contribution is 5.03. The molecule has 1 unspecified atom stereocenters. The molecule has 0 radical (unpaired) electrons. The van der Waals surface area contributed by atoms with E-state index in [0.717, 1.165) is 25.1 Å². The van der Waals surface area contributed by atoms with Gasteiger partial charge in [0.2, 0.25) is 0 Å². The summed E-state index contributed by atoms with van der Waals surface area (Å²) in [4.78, 5) is 0. The normalized spacial score (nSPS) is 23.8. The van der Waals surface area contributed by atoms with E-state index in [1.165, 1.54) is 0 Å². The van der Waals surface area contributed by atoms with Crippen LogP contribution in [0.5, 0.6) is 0 Å². The second-order valence-electron chi connectivity index (χ2n) is 2.65. The molecule has 0 saturated carbocycles. The minimum atomic E-state index is 0.198. The van der Waals surface area contributed by atoms with E-state index in [9.17, 15) is 0 Å². The Labute approximate surface area is 65.4 Å². The highest BCUT2D eigenvalue weighted by atomic mass is 16.5. The standard InChI is InChI=1S/C8H10N2O/c1-3-7(10-9-5-1)8-4-2-6-11-8/h1,3,5,8H,2,4,6H2. The zero-order valence-corrected chi connectivity index (χ0v) is 6.23. The van der Waals surface area contributed by atoms with Gasteiger partial charge >= 0.3 is 0 Å². The lowest BCUT2D eigenvalue weighted by Crippen LogP contribution is -1.99. The number of aromatic nitrogens is 2. The summed E-state index contributed by atoms with van der Waals surface area (Å²) in [5.41, 5.74) is 0.963. The fourth-order valence-corrected chi connectivity index (χ4v) is 1.30. The van der Waals surface area contributed by atoms with Gasteiger partial charge in [0.15, 0.2) is 0 Å². The molecule has 1 aliphatic rings. The summed E-state index contributed by atoms with van der Waals surface area (Å²) in [6, 6.07) is 3.85. The van der Waals surface area contributed by atoms with Gasteiger partial charge in [0.1, 0.15) is 6.10 Å². The van der Waals surface area contributed by atoms with Gasteiger partial charge in [-0.25, -0.2) is 0 Å². The van der Waals surface area contributed by atoms with Crippen LogP contribution >= 0.6 is 0 Å². The van der Waals surface area contributed by atoms with Crippen LogP contribution in [-0.2, 0) is 4.74 Å². The third-order valence-corrected chi connectivity index (χ3v) is 1.85. The topological polar surface area (TPSA) is 35.0 Å². The van der Waals surface area contributed by atoms with Crippen LogP contribution in [0, 0.1) is 0 Å². The molecule has 0 N–H and O–H groups in total. The first kappa shape index (κ1) is 6.73. The van der Waals surface area contributed by atoms with Crippen molar-refractivity contribution in [3.8, 4) is 0 Å². The molecular formula is C8H10N2O. The molecule has 3 nitrogen and oxygen atoms in total. The molecule has 0 spiro atoms. The fraction of sp³-hybridized carbons (Fsp3) is 0.500. The molecule has 2 heterocycles. The van der Waals surface area contributed by atoms with Crippen LogP contribution in [0.4, 0.5) is 0 Å². The lowest BCUT2D eigenvalue weighted by Gasteiger charge is -2.05. The van der Waals surface area contributed by atoms with Crippen LogP contribution in [0.15, 0.2) is 18.3 Å². The van der Waals surface area contributed by atoms with Gasteiger partial charge in [0.25, 0.3) is 0 Å². The molecule has 0 amide bonds. The Bertz CT molecular complexity index is 219. The molecule has 1 saturated heterocycles. The molecule has 2 rings (SSSR count). The van der Waals surface area contributed by atoms with Gasteiger partial charge in [-0.3, -0.25) is 0 Å². The Balaban J connectivity index is 2.16. The van der Waals surface area contributed by atoms with E-state index >= 15 is 0 Å². The van der Waals surface area contributed by atoms with Gasteiger partial charge in [0.05, 0.1) is 5.69 Å². The summed E-state index contributed by atoms with van der Waals surface area (Å²) in [6.45, 7) is 0.862. The fourth-order valence-electron chi connectivity index (χ4n) is 1.30. The van der Waals surface area contributed by atoms with Gasteiger partial charge in [-0.1, -0.05) is 0 Å². The smallest absolute Gasteiger partial charge is 0.101 e. The predicted molar refractivity (Wildman–Crippen MR) is 40.0 cm³/mol. The first-order chi connectivity index (χ1) is 5.47. The minimum absolute atomic E-state index is 0.198. The summed E-state index contributed by atoms with van der Waals surface area (Å²) in [6.07, 6.45) is 4.10. The van der Waals surface area contributed by atoms with Gasteiger partial charge in [-0.15, -0.1) is 0 Å². The second kappa shape index (κ2) is 2.96. The van der Waals surface area contributed by atoms with E-state index in [4.69, 9.17) is 4.74 Å². The van der Waals surface area contributed by atoms with Crippen molar-refractivity contribution in [1.29, 1.82) is 0 Å². The van der Waals surface area contributed by atoms with Crippen LogP contribution < -0.4 is 0 Å². The highest BCUT2D eigenvalue weighted by Gasteiger charge is 2.18. The Morgan fingerprint density at radius 2 is 2.55 bits per heavy atom. The van der Waals surface area contributed by atoms with Crippen LogP contribution in [-0.4, -0.2) is 16.8 Å². The lowest BCUT2D eigenvalue weighted by molar-refractivity contribution is 0.108. The average Bonchev–Trinajstić information content (AvgIpc) is 2.58. The Hall–Kier alpha value is -0.960. The molecule has 1 aliphatic heterocycles. The lowest BCUT2D eigenvalue weighted by atomic mass is 10.2. The zero-order chi connectivity index (χ0) is 7.52. The summed E-state index contributed by atoms with van der Waals surface area (Å²) < 4.78 is 5.44. The van der Waals surface area contributed by atoms with Crippen molar-refractivity contribution in [2.75, 3.05) is 6.61 Å². The number of nitrogens with zero attached hydrogens (tertiary/aromatic N) is 2. The molecule has 1 aromatic heterocycles. The molecular weight excluding hydrogens is 140 g/mol. The first-order valence-corrected chi connectivity index (χ1v) is 3.86. The zero-order valence-electron chi connectivity index (χ0n) is 6.23. The molecule has 0 bridgehead atoms. The van der Waals surface area contributed by atoms with E-state index in [2.05, 4.69) is 10.2 Å². The summed E-state index contributed by atoms with van der Waals surface area (Å²) in [5.74, 6) is 0. The summed E-state index contributed by atoms with van der Waals surface area (Å²) in [7, 11) is 0. The van der Waals surface area contributed by atoms with E-state index in [1.807, 2.05) is 12.1 Å². The van der Waals surface area contributed by atoms with Gasteiger partial charge in [-0.05, 0) is 25.0 Å². The monoisotopic (exact) mass is 150 g/mol. The predicted octanol–water partition coefficient (Wildman–Crippen LogP) is 1.33. The van der Waals surface area contributed by atoms with Crippen LogP contribution in [0.3, 0.4) is 0 Å². The second-order valence-corrected chi connectivity index (χ2v) is 2.65. The summed E-state index contributed by atoms with van der Waals surface area (Å²) >= 11 is 0. The van der Waals surface area contributed by atoms with Gasteiger partial charge < -0.3 is 4.74 Å². The number of rotatable bonds is 1. The Morgan fingerprint density at radius 1 is 1.55 bits per heavy atom. The van der Waals surface area contributed by atoms with Crippen molar-refractivity contribution in [1.82, 2.24) is 10.2 Å². The maximum atomic E-state index is 5.44. The number of hydrogen-bond acceptors (Lipinski definition) is 3. The van der Waals surface area contributed by atoms with Gasteiger partial charge in [-0.2, -0.15) is 10.2 Å². The molecule has 0 aromatic carbocycles. The van der Waals surface area contributed by atoms with Crippen LogP contribution in [0.1, 0.15) is 24.6 Å². The SMILES string of the molecule is c1cnnc(C2CCCO2)c1. The minimum Gasteiger partial charge on any atom is -0.372 e. The van der Waals surface area contributed by atoms with Crippen molar-refractivity contribution in [3.63, 3.8) is 0 Å². The third-order valence-electron chi connectivity index (χ3n) is 1.85. The van der Waals surface area contributed by atoms with Crippen molar-refractivity contribution in [2.24, 2.45) is 0 Å². The molecule has 0 aliphatic carbocycles. The summed E-state index contributed by atoms with van der Waals surface area (Å²) in [5, 5.41) is 7.78. The maximum absolute atomic E-state index is 5.44. The molecule has 3 heteroatoms. The van der Waals surface area contributed by atoms with Gasteiger partial charge in [0, 0.05) is 12.8 Å². The molecule has 1 fully saturated rings. The Morgan fingerprint density at radius 3 is 3.18 bits per heavy atom. The van der Waals surface area contributed by atoms with Crippen molar-refractivity contribution < 1.29 is 4.74 Å². The average molecular weight is 150 g/mol. The van der Waals surface area contributed by atoms with E-state index in [-0.39, 0.29) is 6.10 Å². The first-order valence-electron chi connectivity index (χ1n) is 3.86. The van der Waals surface area contributed by atoms with Crippen molar-refractivity contribution in [2.45, 2.75) is 18.9 Å². The van der Waals surface area contributed by atoms with E-state index in [0.29, 0.717) is 0 Å². The Kier molecular flexibility index (Phi) is 1.81. The molecule has 1 aromatic rings. The third kappa shape index (κ3) is 1.38. The quantitative estimate of drug-likeness (QED) is 0.605. The number of hydrogen-bond donors (Lipinski definition) is 0. The molecule has 58 valence electrons. The van der Waals surface area contributed by atoms with Crippen molar-refractivity contribution >= 4 is 0 Å². The van der Waals surface area contributed by atoms with Crippen LogP contribution in [0.25, 0.3) is 0 Å².